The van der Waals surface area contributed by atoms with Crippen molar-refractivity contribution in [3.8, 4) is 5.75 Å². The first-order valence-electron chi connectivity index (χ1n) is 8.74. The van der Waals surface area contributed by atoms with Crippen molar-refractivity contribution in [2.24, 2.45) is 0 Å². The number of carbonyl (C=O) groups excluding carboxylic acids is 3. The molecule has 1 aliphatic heterocycles. The summed E-state index contributed by atoms with van der Waals surface area (Å²) in [5.74, 6) is 0.196. The molecule has 1 aromatic rings. The summed E-state index contributed by atoms with van der Waals surface area (Å²) >= 11 is 0. The third-order valence-corrected chi connectivity index (χ3v) is 3.94. The standard InChI is InChI=1S/C19H24N2O5/c1-3-5-6-17(22)20-11-13-21(14-12-20)18(23)15-7-9-16(10-8-15)26-19(24)25-4-2/h5-10H,3-4,11-14H2,1-2H3/b6-5+. The average Bonchev–Trinajstić information content (AvgIpc) is 2.66. The van der Waals surface area contributed by atoms with Gasteiger partial charge >= 0.3 is 6.16 Å². The minimum absolute atomic E-state index is 0.0144. The van der Waals surface area contributed by atoms with Crippen LogP contribution in [-0.2, 0) is 9.53 Å². The Bertz CT molecular complexity index is 661. The summed E-state index contributed by atoms with van der Waals surface area (Å²) < 4.78 is 9.67. The van der Waals surface area contributed by atoms with Crippen LogP contribution in [0.3, 0.4) is 0 Å². The molecule has 2 amide bonds. The Morgan fingerprint density at radius 3 is 2.19 bits per heavy atom. The highest BCUT2D eigenvalue weighted by atomic mass is 16.7. The molecule has 140 valence electrons. The van der Waals surface area contributed by atoms with Gasteiger partial charge in [-0.3, -0.25) is 9.59 Å². The molecule has 0 spiro atoms. The Labute approximate surface area is 153 Å². The molecule has 0 aromatic heterocycles. The van der Waals surface area contributed by atoms with Gasteiger partial charge in [0, 0.05) is 31.7 Å². The van der Waals surface area contributed by atoms with Crippen molar-refractivity contribution < 1.29 is 23.9 Å². The maximum atomic E-state index is 12.6. The van der Waals surface area contributed by atoms with E-state index in [1.807, 2.05) is 13.0 Å². The number of rotatable bonds is 5. The minimum Gasteiger partial charge on any atom is -0.434 e. The molecule has 1 fully saturated rings. The summed E-state index contributed by atoms with van der Waals surface area (Å²) in [5.41, 5.74) is 0.506. The van der Waals surface area contributed by atoms with Crippen LogP contribution in [0.1, 0.15) is 30.6 Å². The van der Waals surface area contributed by atoms with Gasteiger partial charge < -0.3 is 19.3 Å². The Morgan fingerprint density at radius 2 is 1.62 bits per heavy atom. The van der Waals surface area contributed by atoms with E-state index in [4.69, 9.17) is 9.47 Å². The Morgan fingerprint density at radius 1 is 1.00 bits per heavy atom. The quantitative estimate of drug-likeness (QED) is 0.458. The van der Waals surface area contributed by atoms with Crippen LogP contribution in [-0.4, -0.2) is 60.6 Å². The molecular weight excluding hydrogens is 336 g/mol. The molecule has 1 saturated heterocycles. The fourth-order valence-corrected chi connectivity index (χ4v) is 2.55. The number of hydrogen-bond acceptors (Lipinski definition) is 5. The lowest BCUT2D eigenvalue weighted by Crippen LogP contribution is -2.50. The fourth-order valence-electron chi connectivity index (χ4n) is 2.55. The van der Waals surface area contributed by atoms with Gasteiger partial charge in [0.2, 0.25) is 5.91 Å². The van der Waals surface area contributed by atoms with Gasteiger partial charge in [0.15, 0.2) is 0 Å². The van der Waals surface area contributed by atoms with Gasteiger partial charge in [-0.1, -0.05) is 13.0 Å². The summed E-state index contributed by atoms with van der Waals surface area (Å²) in [6.07, 6.45) is 3.46. The SMILES string of the molecule is CC/C=C/C(=O)N1CCN(C(=O)c2ccc(OC(=O)OCC)cc2)CC1. The summed E-state index contributed by atoms with van der Waals surface area (Å²) in [6.45, 7) is 5.92. The number of nitrogens with zero attached hydrogens (tertiary/aromatic N) is 2. The van der Waals surface area contributed by atoms with E-state index >= 15 is 0 Å². The van der Waals surface area contributed by atoms with Gasteiger partial charge in [0.05, 0.1) is 6.61 Å². The van der Waals surface area contributed by atoms with E-state index in [-0.39, 0.29) is 18.4 Å². The molecule has 0 N–H and O–H groups in total. The molecule has 7 heteroatoms. The van der Waals surface area contributed by atoms with Gasteiger partial charge in [0.1, 0.15) is 5.75 Å². The van der Waals surface area contributed by atoms with Gasteiger partial charge in [0.25, 0.3) is 5.91 Å². The van der Waals surface area contributed by atoms with E-state index in [1.165, 1.54) is 0 Å². The first-order chi connectivity index (χ1) is 12.5. The van der Waals surface area contributed by atoms with Crippen LogP contribution in [0.2, 0.25) is 0 Å². The molecule has 2 rings (SSSR count). The number of hydrogen-bond donors (Lipinski definition) is 0. The van der Waals surface area contributed by atoms with Crippen molar-refractivity contribution in [3.05, 3.63) is 42.0 Å². The first kappa shape index (κ1) is 19.5. The minimum atomic E-state index is -0.774. The lowest BCUT2D eigenvalue weighted by atomic mass is 10.1. The van der Waals surface area contributed by atoms with Crippen LogP contribution in [0.5, 0.6) is 5.75 Å². The molecule has 1 heterocycles. The highest BCUT2D eigenvalue weighted by molar-refractivity contribution is 5.94. The largest absolute Gasteiger partial charge is 0.513 e. The van der Waals surface area contributed by atoms with Crippen LogP contribution in [0.15, 0.2) is 36.4 Å². The van der Waals surface area contributed by atoms with Gasteiger partial charge in [-0.2, -0.15) is 0 Å². The fraction of sp³-hybridized carbons (Fsp3) is 0.421. The number of allylic oxidation sites excluding steroid dienone is 1. The lowest BCUT2D eigenvalue weighted by molar-refractivity contribution is -0.127. The zero-order valence-corrected chi connectivity index (χ0v) is 15.1. The monoisotopic (exact) mass is 360 g/mol. The normalized spacial score (nSPS) is 14.4. The van der Waals surface area contributed by atoms with Gasteiger partial charge in [-0.25, -0.2) is 4.79 Å². The number of carbonyl (C=O) groups is 3. The second kappa shape index (κ2) is 9.60. The zero-order valence-electron chi connectivity index (χ0n) is 15.1. The van der Waals surface area contributed by atoms with Crippen LogP contribution < -0.4 is 4.74 Å². The molecule has 0 atom stereocenters. The van der Waals surface area contributed by atoms with Crippen LogP contribution >= 0.6 is 0 Å². The van der Waals surface area contributed by atoms with Crippen molar-refractivity contribution >= 4 is 18.0 Å². The number of amides is 2. The summed E-state index contributed by atoms with van der Waals surface area (Å²) in [6, 6.07) is 6.33. The number of benzene rings is 1. The van der Waals surface area contributed by atoms with E-state index < -0.39 is 6.16 Å². The van der Waals surface area contributed by atoms with Crippen molar-refractivity contribution in [2.75, 3.05) is 32.8 Å². The molecule has 0 bridgehead atoms. The molecule has 0 radical (unpaired) electrons. The molecule has 1 aromatic carbocycles. The summed E-state index contributed by atoms with van der Waals surface area (Å²) in [7, 11) is 0. The molecule has 7 nitrogen and oxygen atoms in total. The lowest BCUT2D eigenvalue weighted by Gasteiger charge is -2.34. The molecule has 26 heavy (non-hydrogen) atoms. The van der Waals surface area contributed by atoms with E-state index in [9.17, 15) is 14.4 Å². The predicted octanol–water partition coefficient (Wildman–Crippen LogP) is 2.47. The maximum Gasteiger partial charge on any atom is 0.513 e. The molecule has 1 aliphatic rings. The van der Waals surface area contributed by atoms with Crippen molar-refractivity contribution in [1.29, 1.82) is 0 Å². The van der Waals surface area contributed by atoms with Crippen molar-refractivity contribution in [3.63, 3.8) is 0 Å². The van der Waals surface area contributed by atoms with E-state index in [0.717, 1.165) is 6.42 Å². The highest BCUT2D eigenvalue weighted by Gasteiger charge is 2.23. The highest BCUT2D eigenvalue weighted by Crippen LogP contribution is 2.15. The van der Waals surface area contributed by atoms with E-state index in [0.29, 0.717) is 37.5 Å². The predicted molar refractivity (Wildman–Crippen MR) is 96.0 cm³/mol. The van der Waals surface area contributed by atoms with Crippen molar-refractivity contribution in [2.45, 2.75) is 20.3 Å². The Kier molecular flexibility index (Phi) is 7.20. The molecule has 0 unspecified atom stereocenters. The molecule has 0 saturated carbocycles. The van der Waals surface area contributed by atoms with E-state index in [1.54, 1.807) is 47.1 Å². The zero-order chi connectivity index (χ0) is 18.9. The number of ether oxygens (including phenoxy) is 2. The number of piperazine rings is 1. The molecular formula is C19H24N2O5. The van der Waals surface area contributed by atoms with Crippen LogP contribution in [0.4, 0.5) is 4.79 Å². The average molecular weight is 360 g/mol. The summed E-state index contributed by atoms with van der Waals surface area (Å²) in [4.78, 5) is 39.3. The second-order valence-corrected chi connectivity index (χ2v) is 5.74. The van der Waals surface area contributed by atoms with Gasteiger partial charge in [-0.15, -0.1) is 0 Å². The Balaban J connectivity index is 1.89. The molecule has 0 aliphatic carbocycles. The topological polar surface area (TPSA) is 76.2 Å². The van der Waals surface area contributed by atoms with Gasteiger partial charge in [-0.05, 0) is 43.7 Å². The Hall–Kier alpha value is -2.83. The van der Waals surface area contributed by atoms with Crippen LogP contribution in [0.25, 0.3) is 0 Å². The smallest absolute Gasteiger partial charge is 0.434 e. The third kappa shape index (κ3) is 5.34. The second-order valence-electron chi connectivity index (χ2n) is 5.74. The summed E-state index contributed by atoms with van der Waals surface area (Å²) in [5, 5.41) is 0. The third-order valence-electron chi connectivity index (χ3n) is 3.94. The van der Waals surface area contributed by atoms with Crippen molar-refractivity contribution in [1.82, 2.24) is 9.80 Å². The maximum absolute atomic E-state index is 12.6. The first-order valence-corrected chi connectivity index (χ1v) is 8.74. The van der Waals surface area contributed by atoms with E-state index in [2.05, 4.69) is 0 Å². The van der Waals surface area contributed by atoms with Crippen LogP contribution in [0, 0.1) is 0 Å².